The van der Waals surface area contributed by atoms with Gasteiger partial charge >= 0.3 is 11.9 Å². The molecule has 2 rings (SSSR count). The van der Waals surface area contributed by atoms with E-state index in [-0.39, 0.29) is 35.4 Å². The minimum absolute atomic E-state index is 0.0172. The van der Waals surface area contributed by atoms with Crippen LogP contribution in [0, 0.1) is 17.8 Å². The molecular formula is C28H35Cl2NO8. The van der Waals surface area contributed by atoms with Crippen LogP contribution < -0.4 is 14.2 Å². The fraction of sp³-hybridized carbons (Fsp3) is 0.500. The quantitative estimate of drug-likeness (QED) is 0.146. The summed E-state index contributed by atoms with van der Waals surface area (Å²) in [6.45, 7) is 10.1. The molecular weight excluding hydrogens is 549 g/mol. The Hall–Kier alpha value is -3.04. The van der Waals surface area contributed by atoms with Gasteiger partial charge in [-0.05, 0) is 31.0 Å². The molecule has 39 heavy (non-hydrogen) atoms. The third kappa shape index (κ3) is 9.28. The van der Waals surface area contributed by atoms with Crippen LogP contribution in [0.3, 0.4) is 0 Å². The number of ketones is 1. The number of hydrogen-bond donors (Lipinski definition) is 0. The van der Waals surface area contributed by atoms with Gasteiger partial charge in [0.15, 0.2) is 23.0 Å². The number of esters is 2. The molecule has 0 aliphatic rings. The van der Waals surface area contributed by atoms with Crippen molar-refractivity contribution in [1.82, 2.24) is 4.98 Å². The van der Waals surface area contributed by atoms with E-state index in [1.54, 1.807) is 45.9 Å². The van der Waals surface area contributed by atoms with Crippen LogP contribution in [0.4, 0.5) is 0 Å². The molecule has 0 amide bonds. The Labute approximate surface area is 239 Å². The average molecular weight is 584 g/mol. The second-order valence-corrected chi connectivity index (χ2v) is 10.5. The van der Waals surface area contributed by atoms with E-state index in [0.717, 1.165) is 0 Å². The fourth-order valence-corrected chi connectivity index (χ4v) is 4.01. The van der Waals surface area contributed by atoms with Gasteiger partial charge in [-0.15, -0.1) is 0 Å². The number of nitrogens with zero attached hydrogens (tertiary/aromatic N) is 1. The number of carbonyl (C=O) groups is 3. The van der Waals surface area contributed by atoms with Crippen LogP contribution in [-0.4, -0.2) is 48.8 Å². The molecule has 2 aromatic rings. The average Bonchev–Trinajstić information content (AvgIpc) is 2.87. The van der Waals surface area contributed by atoms with Crippen LogP contribution in [-0.2, 0) is 19.1 Å². The van der Waals surface area contributed by atoms with Gasteiger partial charge < -0.3 is 23.7 Å². The molecule has 1 aromatic heterocycles. The highest BCUT2D eigenvalue weighted by atomic mass is 35.5. The second kappa shape index (κ2) is 14.9. The molecule has 0 aliphatic heterocycles. The number of rotatable bonds is 14. The normalized spacial score (nSPS) is 13.4. The first-order chi connectivity index (χ1) is 18.3. The van der Waals surface area contributed by atoms with Crippen molar-refractivity contribution < 1.29 is 38.1 Å². The van der Waals surface area contributed by atoms with Gasteiger partial charge in [0.25, 0.3) is 0 Å². The molecule has 0 fully saturated rings. The monoisotopic (exact) mass is 583 g/mol. The molecule has 11 heteroatoms. The van der Waals surface area contributed by atoms with E-state index in [2.05, 4.69) is 4.98 Å². The van der Waals surface area contributed by atoms with Gasteiger partial charge in [0.05, 0.1) is 24.0 Å². The van der Waals surface area contributed by atoms with E-state index in [0.29, 0.717) is 15.8 Å². The lowest BCUT2D eigenvalue weighted by atomic mass is 10.0. The first-order valence-electron chi connectivity index (χ1n) is 12.5. The van der Waals surface area contributed by atoms with Crippen molar-refractivity contribution in [2.75, 3.05) is 13.9 Å². The third-order valence-electron chi connectivity index (χ3n) is 5.70. The van der Waals surface area contributed by atoms with Crippen LogP contribution >= 0.6 is 23.2 Å². The molecule has 0 saturated carbocycles. The zero-order valence-electron chi connectivity index (χ0n) is 23.2. The summed E-state index contributed by atoms with van der Waals surface area (Å²) in [6.07, 6.45) is 0.0242. The molecule has 1 heterocycles. The number of Topliss-reactive ketones (excluding diaryl/α,β-unsaturated/α-hetero) is 1. The van der Waals surface area contributed by atoms with Gasteiger partial charge in [0.2, 0.25) is 6.79 Å². The Morgan fingerprint density at radius 2 is 1.64 bits per heavy atom. The standard InChI is InChI=1S/C28H35Cl2NO8/c1-15(2)25(39-22-9-8-19(29)13-20(22)30)18(6)38-28(34)17(5)12-21(32)24-26(23(35-7)10-11-31-24)36-14-37-27(33)16(3)4/h8-11,13,15-18,25H,12,14H2,1-7H3/t17-,18+,25-/m1/s1. The van der Waals surface area contributed by atoms with Gasteiger partial charge in [-0.3, -0.25) is 14.4 Å². The molecule has 0 unspecified atom stereocenters. The Kier molecular flexibility index (Phi) is 12.3. The first kappa shape index (κ1) is 32.2. The summed E-state index contributed by atoms with van der Waals surface area (Å²) in [6, 6.07) is 6.39. The predicted molar refractivity (Wildman–Crippen MR) is 147 cm³/mol. The fourth-order valence-electron chi connectivity index (χ4n) is 3.56. The van der Waals surface area contributed by atoms with Crippen LogP contribution in [0.1, 0.15) is 58.5 Å². The number of hydrogen-bond acceptors (Lipinski definition) is 9. The largest absolute Gasteiger partial charge is 0.493 e. The maximum Gasteiger partial charge on any atom is 0.311 e. The molecule has 0 saturated heterocycles. The molecule has 9 nitrogen and oxygen atoms in total. The van der Waals surface area contributed by atoms with Gasteiger partial charge in [-0.25, -0.2) is 4.98 Å². The van der Waals surface area contributed by atoms with Crippen molar-refractivity contribution in [2.24, 2.45) is 17.8 Å². The summed E-state index contributed by atoms with van der Waals surface area (Å²) in [5.74, 6) is -2.01. The van der Waals surface area contributed by atoms with Crippen LogP contribution in [0.25, 0.3) is 0 Å². The van der Waals surface area contributed by atoms with Crippen LogP contribution in [0.5, 0.6) is 17.2 Å². The summed E-state index contributed by atoms with van der Waals surface area (Å²) in [4.78, 5) is 41.9. The molecule has 1 aromatic carbocycles. The molecule has 0 spiro atoms. The molecule has 0 radical (unpaired) electrons. The molecule has 0 aliphatic carbocycles. The Balaban J connectivity index is 2.08. The number of benzene rings is 1. The Morgan fingerprint density at radius 3 is 2.23 bits per heavy atom. The summed E-state index contributed by atoms with van der Waals surface area (Å²) >= 11 is 12.2. The van der Waals surface area contributed by atoms with Gasteiger partial charge in [0.1, 0.15) is 18.0 Å². The third-order valence-corrected chi connectivity index (χ3v) is 6.23. The molecule has 3 atom stereocenters. The number of pyridine rings is 1. The predicted octanol–water partition coefficient (Wildman–Crippen LogP) is 6.18. The van der Waals surface area contributed by atoms with Crippen molar-refractivity contribution in [3.05, 3.63) is 46.2 Å². The van der Waals surface area contributed by atoms with E-state index < -0.39 is 42.6 Å². The summed E-state index contributed by atoms with van der Waals surface area (Å²) in [5, 5.41) is 0.815. The highest BCUT2D eigenvalue weighted by Gasteiger charge is 2.30. The van der Waals surface area contributed by atoms with Crippen molar-refractivity contribution in [3.8, 4) is 17.2 Å². The Bertz CT molecular complexity index is 1150. The van der Waals surface area contributed by atoms with Gasteiger partial charge in [-0.1, -0.05) is 57.8 Å². The topological polar surface area (TPSA) is 110 Å². The SMILES string of the molecule is COc1ccnc(C(=O)C[C@@H](C)C(=O)O[C@@H](C)[C@H](Oc2ccc(Cl)cc2Cl)C(C)C)c1OCOC(=O)C(C)C. The van der Waals surface area contributed by atoms with Crippen molar-refractivity contribution in [3.63, 3.8) is 0 Å². The van der Waals surface area contributed by atoms with Gasteiger partial charge in [0, 0.05) is 23.7 Å². The van der Waals surface area contributed by atoms with Crippen molar-refractivity contribution in [2.45, 2.75) is 60.2 Å². The number of ether oxygens (including phenoxy) is 5. The highest BCUT2D eigenvalue weighted by molar-refractivity contribution is 6.35. The molecule has 0 N–H and O–H groups in total. The lowest BCUT2D eigenvalue weighted by Gasteiger charge is -2.29. The van der Waals surface area contributed by atoms with Gasteiger partial charge in [-0.2, -0.15) is 0 Å². The van der Waals surface area contributed by atoms with E-state index in [1.807, 2.05) is 13.8 Å². The van der Waals surface area contributed by atoms with E-state index >= 15 is 0 Å². The summed E-state index contributed by atoms with van der Waals surface area (Å²) < 4.78 is 27.6. The number of methoxy groups -OCH3 is 1. The smallest absolute Gasteiger partial charge is 0.311 e. The number of carbonyl (C=O) groups excluding carboxylic acids is 3. The summed E-state index contributed by atoms with van der Waals surface area (Å²) in [7, 11) is 1.41. The number of aromatic nitrogens is 1. The summed E-state index contributed by atoms with van der Waals surface area (Å²) in [5.41, 5.74) is -0.0524. The van der Waals surface area contributed by atoms with Crippen molar-refractivity contribution in [1.29, 1.82) is 0 Å². The molecule has 0 bridgehead atoms. The maximum absolute atomic E-state index is 13.1. The highest BCUT2D eigenvalue weighted by Crippen LogP contribution is 2.32. The molecule has 214 valence electrons. The van der Waals surface area contributed by atoms with Crippen LogP contribution in [0.2, 0.25) is 10.0 Å². The van der Waals surface area contributed by atoms with E-state index in [9.17, 15) is 14.4 Å². The maximum atomic E-state index is 13.1. The second-order valence-electron chi connectivity index (χ2n) is 9.64. The van der Waals surface area contributed by atoms with E-state index in [1.165, 1.54) is 19.4 Å². The lowest BCUT2D eigenvalue weighted by Crippen LogP contribution is -2.39. The zero-order valence-corrected chi connectivity index (χ0v) is 24.7. The Morgan fingerprint density at radius 1 is 0.949 bits per heavy atom. The minimum Gasteiger partial charge on any atom is -0.493 e. The number of halogens is 2. The van der Waals surface area contributed by atoms with E-state index in [4.69, 9.17) is 46.9 Å². The minimum atomic E-state index is -0.800. The van der Waals surface area contributed by atoms with Crippen LogP contribution in [0.15, 0.2) is 30.5 Å². The lowest BCUT2D eigenvalue weighted by molar-refractivity contribution is -0.158. The zero-order chi connectivity index (χ0) is 29.3. The first-order valence-corrected chi connectivity index (χ1v) is 13.3. The van der Waals surface area contributed by atoms with Crippen molar-refractivity contribution >= 4 is 40.9 Å².